The van der Waals surface area contributed by atoms with Crippen molar-refractivity contribution in [3.05, 3.63) is 59.2 Å². The number of imide groups is 1. The van der Waals surface area contributed by atoms with Crippen molar-refractivity contribution in [1.82, 2.24) is 10.6 Å². The van der Waals surface area contributed by atoms with Gasteiger partial charge in [0, 0.05) is 17.2 Å². The van der Waals surface area contributed by atoms with Gasteiger partial charge in [0.1, 0.15) is 13.2 Å². The smallest absolute Gasteiger partial charge is 0.339 e. The highest BCUT2D eigenvalue weighted by atomic mass is 16.6. The summed E-state index contributed by atoms with van der Waals surface area (Å²) >= 11 is 0. The number of carbonyl (C=O) groups is 4. The predicted octanol–water partition coefficient (Wildman–Crippen LogP) is 3.25. The third-order valence-electron chi connectivity index (χ3n) is 6.21. The van der Waals surface area contributed by atoms with Gasteiger partial charge in [0.05, 0.1) is 5.56 Å². The lowest BCUT2D eigenvalue weighted by Gasteiger charge is -2.29. The van der Waals surface area contributed by atoms with Crippen molar-refractivity contribution in [3.8, 4) is 11.5 Å². The Bertz CT molecular complexity index is 1130. The zero-order valence-corrected chi connectivity index (χ0v) is 19.5. The molecule has 9 heteroatoms. The fourth-order valence-electron chi connectivity index (χ4n) is 4.31. The van der Waals surface area contributed by atoms with Crippen LogP contribution in [0.4, 0.5) is 4.79 Å². The highest BCUT2D eigenvalue weighted by Gasteiger charge is 2.25. The summed E-state index contributed by atoms with van der Waals surface area (Å²) in [5, 5.41) is 5.00. The predicted molar refractivity (Wildman–Crippen MR) is 126 cm³/mol. The molecule has 0 spiro atoms. The highest BCUT2D eigenvalue weighted by Crippen LogP contribution is 2.31. The Balaban J connectivity index is 1.36. The monoisotopic (exact) mass is 480 g/mol. The maximum atomic E-state index is 13.1. The first-order valence-corrected chi connectivity index (χ1v) is 11.7. The standard InChI is InChI=1S/C26H28N2O7/c1-16-6-2-5-9-20(16)27-26(32)28-23(29)15-35-25(31)19-8-4-3-7-18(19)24(30)17-10-11-21-22(14-17)34-13-12-33-21/h3-4,7-8,10-11,14,16,20H,2,5-6,9,12-13,15H2,1H3,(H2,27,28,29,32)/t16-,20+/m1/s1. The fourth-order valence-corrected chi connectivity index (χ4v) is 4.31. The molecule has 0 saturated heterocycles. The highest BCUT2D eigenvalue weighted by molar-refractivity contribution is 6.14. The summed E-state index contributed by atoms with van der Waals surface area (Å²) in [5.74, 6) is -0.656. The van der Waals surface area contributed by atoms with E-state index in [2.05, 4.69) is 17.6 Å². The van der Waals surface area contributed by atoms with E-state index in [0.29, 0.717) is 36.2 Å². The summed E-state index contributed by atoms with van der Waals surface area (Å²) in [6, 6.07) is 10.4. The van der Waals surface area contributed by atoms with E-state index in [0.717, 1.165) is 25.7 Å². The quantitative estimate of drug-likeness (QED) is 0.481. The number of rotatable bonds is 6. The van der Waals surface area contributed by atoms with E-state index in [1.807, 2.05) is 0 Å². The molecule has 0 bridgehead atoms. The van der Waals surface area contributed by atoms with Crippen LogP contribution in [-0.4, -0.2) is 49.6 Å². The van der Waals surface area contributed by atoms with Gasteiger partial charge in [-0.1, -0.05) is 38.0 Å². The van der Waals surface area contributed by atoms with Crippen LogP contribution in [0, 0.1) is 5.92 Å². The minimum absolute atomic E-state index is 0.0116. The molecule has 1 fully saturated rings. The Kier molecular flexibility index (Phi) is 7.64. The second-order valence-electron chi connectivity index (χ2n) is 8.70. The van der Waals surface area contributed by atoms with Gasteiger partial charge in [0.25, 0.3) is 5.91 Å². The van der Waals surface area contributed by atoms with Crippen LogP contribution in [0.3, 0.4) is 0 Å². The van der Waals surface area contributed by atoms with Crippen molar-refractivity contribution in [3.63, 3.8) is 0 Å². The largest absolute Gasteiger partial charge is 0.486 e. The molecule has 3 amide bonds. The van der Waals surface area contributed by atoms with Gasteiger partial charge in [0.15, 0.2) is 23.9 Å². The van der Waals surface area contributed by atoms with E-state index in [4.69, 9.17) is 14.2 Å². The van der Waals surface area contributed by atoms with Crippen LogP contribution in [0.25, 0.3) is 0 Å². The van der Waals surface area contributed by atoms with Crippen LogP contribution in [0.15, 0.2) is 42.5 Å². The van der Waals surface area contributed by atoms with Gasteiger partial charge in [0.2, 0.25) is 0 Å². The number of hydrogen-bond acceptors (Lipinski definition) is 7. The Morgan fingerprint density at radius 3 is 2.43 bits per heavy atom. The van der Waals surface area contributed by atoms with Crippen molar-refractivity contribution >= 4 is 23.7 Å². The van der Waals surface area contributed by atoms with Gasteiger partial charge >= 0.3 is 12.0 Å². The Morgan fingerprint density at radius 2 is 1.66 bits per heavy atom. The number of urea groups is 1. The molecule has 1 heterocycles. The first-order valence-electron chi connectivity index (χ1n) is 11.7. The molecule has 2 aromatic carbocycles. The molecular weight excluding hydrogens is 452 g/mol. The molecule has 1 aliphatic carbocycles. The van der Waals surface area contributed by atoms with Crippen molar-refractivity contribution in [2.24, 2.45) is 5.92 Å². The van der Waals surface area contributed by atoms with Gasteiger partial charge < -0.3 is 19.5 Å². The van der Waals surface area contributed by atoms with Crippen LogP contribution in [0.5, 0.6) is 11.5 Å². The minimum atomic E-state index is -0.844. The average Bonchev–Trinajstić information content (AvgIpc) is 2.88. The topological polar surface area (TPSA) is 120 Å². The second kappa shape index (κ2) is 11.0. The van der Waals surface area contributed by atoms with Crippen molar-refractivity contribution in [2.75, 3.05) is 19.8 Å². The number of benzene rings is 2. The van der Waals surface area contributed by atoms with Gasteiger partial charge in [-0.2, -0.15) is 0 Å². The zero-order chi connectivity index (χ0) is 24.8. The maximum Gasteiger partial charge on any atom is 0.339 e. The van der Waals surface area contributed by atoms with Gasteiger partial charge in [-0.25, -0.2) is 9.59 Å². The number of esters is 1. The SMILES string of the molecule is C[C@@H]1CCCC[C@@H]1NC(=O)NC(=O)COC(=O)c1ccccc1C(=O)c1ccc2c(c1)OCCO2. The van der Waals surface area contributed by atoms with E-state index in [9.17, 15) is 19.2 Å². The normalized spacial score (nSPS) is 18.8. The Morgan fingerprint density at radius 1 is 0.943 bits per heavy atom. The first kappa shape index (κ1) is 24.3. The molecule has 4 rings (SSSR count). The summed E-state index contributed by atoms with van der Waals surface area (Å²) < 4.78 is 16.1. The lowest BCUT2D eigenvalue weighted by molar-refractivity contribution is -0.123. The lowest BCUT2D eigenvalue weighted by atomic mass is 9.86. The number of hydrogen-bond donors (Lipinski definition) is 2. The summed E-state index contributed by atoms with van der Waals surface area (Å²) in [5.41, 5.74) is 0.458. The van der Waals surface area contributed by atoms with Gasteiger partial charge in [-0.3, -0.25) is 14.9 Å². The van der Waals surface area contributed by atoms with E-state index in [-0.39, 0.29) is 17.2 Å². The molecule has 1 saturated carbocycles. The van der Waals surface area contributed by atoms with Gasteiger partial charge in [-0.15, -0.1) is 0 Å². The Hall–Kier alpha value is -3.88. The first-order chi connectivity index (χ1) is 16.9. The number of carbonyl (C=O) groups excluding carboxylic acids is 4. The molecule has 0 radical (unpaired) electrons. The van der Waals surface area contributed by atoms with Crippen molar-refractivity contribution < 1.29 is 33.4 Å². The number of fused-ring (bicyclic) bond motifs is 1. The molecular formula is C26H28N2O7. The van der Waals surface area contributed by atoms with Gasteiger partial charge in [-0.05, 0) is 43.0 Å². The number of ketones is 1. The molecule has 0 unspecified atom stereocenters. The zero-order valence-electron chi connectivity index (χ0n) is 19.5. The van der Waals surface area contributed by atoms with Crippen LogP contribution in [-0.2, 0) is 9.53 Å². The van der Waals surface area contributed by atoms with Crippen LogP contribution in [0.2, 0.25) is 0 Å². The molecule has 0 aromatic heterocycles. The molecule has 2 N–H and O–H groups in total. The van der Waals surface area contributed by atoms with Crippen LogP contribution < -0.4 is 20.1 Å². The molecule has 9 nitrogen and oxygen atoms in total. The van der Waals surface area contributed by atoms with Crippen LogP contribution in [0.1, 0.15) is 58.9 Å². The number of nitrogens with one attached hydrogen (secondary N) is 2. The fraction of sp³-hybridized carbons (Fsp3) is 0.385. The molecule has 2 atom stereocenters. The van der Waals surface area contributed by atoms with E-state index in [1.54, 1.807) is 30.3 Å². The maximum absolute atomic E-state index is 13.1. The van der Waals surface area contributed by atoms with Crippen LogP contribution >= 0.6 is 0 Å². The summed E-state index contributed by atoms with van der Waals surface area (Å²) in [4.78, 5) is 50.1. The second-order valence-corrected chi connectivity index (χ2v) is 8.70. The average molecular weight is 481 g/mol. The van der Waals surface area contributed by atoms with Crippen molar-refractivity contribution in [2.45, 2.75) is 38.6 Å². The van der Waals surface area contributed by atoms with E-state index < -0.39 is 30.3 Å². The third kappa shape index (κ3) is 5.98. The van der Waals surface area contributed by atoms with Crippen molar-refractivity contribution in [1.29, 1.82) is 0 Å². The van der Waals surface area contributed by atoms with E-state index >= 15 is 0 Å². The third-order valence-corrected chi connectivity index (χ3v) is 6.21. The molecule has 184 valence electrons. The number of ether oxygens (including phenoxy) is 3. The summed E-state index contributed by atoms with van der Waals surface area (Å²) in [6.07, 6.45) is 4.06. The summed E-state index contributed by atoms with van der Waals surface area (Å²) in [6.45, 7) is 2.23. The molecule has 2 aromatic rings. The molecule has 35 heavy (non-hydrogen) atoms. The summed E-state index contributed by atoms with van der Waals surface area (Å²) in [7, 11) is 0. The minimum Gasteiger partial charge on any atom is -0.486 e. The number of amides is 3. The van der Waals surface area contributed by atoms with E-state index in [1.165, 1.54) is 12.1 Å². The molecule has 1 aliphatic heterocycles. The Labute approximate surface area is 203 Å². The molecule has 2 aliphatic rings. The lowest BCUT2D eigenvalue weighted by Crippen LogP contribution is -2.48.